The minimum atomic E-state index is 0.00394. The maximum absolute atomic E-state index is 12.2. The molecule has 0 saturated carbocycles. The molecule has 3 nitrogen and oxygen atoms in total. The molecule has 20 heavy (non-hydrogen) atoms. The van der Waals surface area contributed by atoms with Crippen LogP contribution in [0.15, 0.2) is 51.6 Å². The molecule has 1 saturated heterocycles. The molecule has 2 heterocycles. The molecule has 2 aromatic rings. The largest absolute Gasteiger partial charge is 0.459 e. The molecular formula is C16H16BrNO2. The summed E-state index contributed by atoms with van der Waals surface area (Å²) in [6.07, 6.45) is 3.56. The lowest BCUT2D eigenvalue weighted by Gasteiger charge is -2.31. The summed E-state index contributed by atoms with van der Waals surface area (Å²) in [6, 6.07) is 12.0. The van der Waals surface area contributed by atoms with Gasteiger partial charge in [-0.2, -0.15) is 0 Å². The first-order valence-electron chi connectivity index (χ1n) is 6.82. The molecule has 0 bridgehead atoms. The van der Waals surface area contributed by atoms with Crippen molar-refractivity contribution in [2.75, 3.05) is 13.1 Å². The van der Waals surface area contributed by atoms with Crippen molar-refractivity contribution in [3.05, 3.63) is 58.5 Å². The van der Waals surface area contributed by atoms with Gasteiger partial charge in [-0.25, -0.2) is 0 Å². The van der Waals surface area contributed by atoms with E-state index in [0.717, 1.165) is 30.4 Å². The van der Waals surface area contributed by atoms with Crippen LogP contribution in [0.1, 0.15) is 34.9 Å². The third-order valence-electron chi connectivity index (χ3n) is 3.86. The van der Waals surface area contributed by atoms with Gasteiger partial charge in [-0.15, -0.1) is 0 Å². The number of benzene rings is 1. The first-order valence-corrected chi connectivity index (χ1v) is 7.61. The number of rotatable bonds is 2. The van der Waals surface area contributed by atoms with E-state index in [0.29, 0.717) is 11.7 Å². The summed E-state index contributed by atoms with van der Waals surface area (Å²) in [6.45, 7) is 1.58. The lowest BCUT2D eigenvalue weighted by molar-refractivity contribution is 0.0681. The summed E-state index contributed by atoms with van der Waals surface area (Å²) in [5, 5.41) is 0. The molecule has 0 atom stereocenters. The lowest BCUT2D eigenvalue weighted by atomic mass is 9.89. The molecule has 104 valence electrons. The predicted octanol–water partition coefficient (Wildman–Crippen LogP) is 4.06. The minimum absolute atomic E-state index is 0.00394. The monoisotopic (exact) mass is 333 g/mol. The molecular weight excluding hydrogens is 318 g/mol. The summed E-state index contributed by atoms with van der Waals surface area (Å²) >= 11 is 3.46. The molecule has 0 unspecified atom stereocenters. The highest BCUT2D eigenvalue weighted by Crippen LogP contribution is 2.29. The highest BCUT2D eigenvalue weighted by molar-refractivity contribution is 9.10. The Balaban J connectivity index is 1.62. The van der Waals surface area contributed by atoms with E-state index in [4.69, 9.17) is 4.42 Å². The van der Waals surface area contributed by atoms with Crippen LogP contribution >= 0.6 is 15.9 Å². The highest BCUT2D eigenvalue weighted by Gasteiger charge is 2.25. The van der Waals surface area contributed by atoms with Gasteiger partial charge < -0.3 is 9.32 Å². The summed E-state index contributed by atoms with van der Waals surface area (Å²) in [4.78, 5) is 14.1. The van der Waals surface area contributed by atoms with Gasteiger partial charge in [0, 0.05) is 17.6 Å². The predicted molar refractivity (Wildman–Crippen MR) is 80.7 cm³/mol. The van der Waals surface area contributed by atoms with Gasteiger partial charge in [0.2, 0.25) is 0 Å². The number of piperidine rings is 1. The number of nitrogens with zero attached hydrogens (tertiary/aromatic N) is 1. The van der Waals surface area contributed by atoms with Gasteiger partial charge in [0.25, 0.3) is 5.91 Å². The maximum atomic E-state index is 12.2. The van der Waals surface area contributed by atoms with E-state index >= 15 is 0 Å². The number of halogens is 1. The Morgan fingerprint density at radius 2 is 1.85 bits per heavy atom. The zero-order valence-corrected chi connectivity index (χ0v) is 12.7. The van der Waals surface area contributed by atoms with Crippen LogP contribution in [-0.2, 0) is 0 Å². The fourth-order valence-electron chi connectivity index (χ4n) is 2.71. The fourth-order valence-corrected chi connectivity index (χ4v) is 2.97. The van der Waals surface area contributed by atoms with E-state index in [-0.39, 0.29) is 5.91 Å². The SMILES string of the molecule is O=C(c1ccco1)N1CCC(c2ccc(Br)cc2)CC1. The van der Waals surface area contributed by atoms with Crippen LogP contribution in [-0.4, -0.2) is 23.9 Å². The van der Waals surface area contributed by atoms with Gasteiger partial charge >= 0.3 is 0 Å². The second-order valence-electron chi connectivity index (χ2n) is 5.10. The van der Waals surface area contributed by atoms with Crippen LogP contribution in [0.5, 0.6) is 0 Å². The van der Waals surface area contributed by atoms with Crippen LogP contribution in [0.4, 0.5) is 0 Å². The number of carbonyl (C=O) groups excluding carboxylic acids is 1. The van der Waals surface area contributed by atoms with Crippen molar-refractivity contribution in [2.24, 2.45) is 0 Å². The highest BCUT2D eigenvalue weighted by atomic mass is 79.9. The topological polar surface area (TPSA) is 33.5 Å². The number of hydrogen-bond donors (Lipinski definition) is 0. The van der Waals surface area contributed by atoms with E-state index in [1.807, 2.05) is 4.90 Å². The van der Waals surface area contributed by atoms with Crippen molar-refractivity contribution >= 4 is 21.8 Å². The minimum Gasteiger partial charge on any atom is -0.459 e. The van der Waals surface area contributed by atoms with Gasteiger partial charge in [0.15, 0.2) is 5.76 Å². The Morgan fingerprint density at radius 1 is 1.15 bits per heavy atom. The Morgan fingerprint density at radius 3 is 2.45 bits per heavy atom. The Hall–Kier alpha value is -1.55. The zero-order chi connectivity index (χ0) is 13.9. The first kappa shape index (κ1) is 13.4. The van der Waals surface area contributed by atoms with Gasteiger partial charge in [-0.3, -0.25) is 4.79 Å². The van der Waals surface area contributed by atoms with Crippen molar-refractivity contribution in [1.29, 1.82) is 0 Å². The molecule has 1 aromatic heterocycles. The average Bonchev–Trinajstić information content (AvgIpc) is 3.02. The lowest BCUT2D eigenvalue weighted by Crippen LogP contribution is -2.37. The van der Waals surface area contributed by atoms with Crippen molar-refractivity contribution in [3.63, 3.8) is 0 Å². The van der Waals surface area contributed by atoms with Crippen molar-refractivity contribution in [3.8, 4) is 0 Å². The fraction of sp³-hybridized carbons (Fsp3) is 0.312. The summed E-state index contributed by atoms with van der Waals surface area (Å²) in [7, 11) is 0. The molecule has 3 rings (SSSR count). The normalized spacial score (nSPS) is 16.4. The van der Waals surface area contributed by atoms with E-state index in [1.165, 1.54) is 5.56 Å². The molecule has 4 heteroatoms. The van der Waals surface area contributed by atoms with Crippen molar-refractivity contribution < 1.29 is 9.21 Å². The Labute approximate surface area is 126 Å². The molecule has 1 fully saturated rings. The molecule has 1 aliphatic heterocycles. The Kier molecular flexibility index (Phi) is 3.92. The standard InChI is InChI=1S/C16H16BrNO2/c17-14-5-3-12(4-6-14)13-7-9-18(10-8-13)16(19)15-2-1-11-20-15/h1-6,11,13H,7-10H2. The van der Waals surface area contributed by atoms with Crippen molar-refractivity contribution in [2.45, 2.75) is 18.8 Å². The van der Waals surface area contributed by atoms with Crippen molar-refractivity contribution in [1.82, 2.24) is 4.90 Å². The van der Waals surface area contributed by atoms with Crippen LogP contribution in [0.3, 0.4) is 0 Å². The molecule has 0 spiro atoms. The first-order chi connectivity index (χ1) is 9.74. The second kappa shape index (κ2) is 5.83. The van der Waals surface area contributed by atoms with Crippen LogP contribution in [0.2, 0.25) is 0 Å². The summed E-state index contributed by atoms with van der Waals surface area (Å²) in [5.74, 6) is 0.986. The molecule has 0 aliphatic carbocycles. The average molecular weight is 334 g/mol. The summed E-state index contributed by atoms with van der Waals surface area (Å²) in [5.41, 5.74) is 1.36. The van der Waals surface area contributed by atoms with E-state index in [2.05, 4.69) is 40.2 Å². The molecule has 1 amide bonds. The molecule has 1 aromatic carbocycles. The number of amides is 1. The van der Waals surface area contributed by atoms with Gasteiger partial charge in [0.05, 0.1) is 6.26 Å². The second-order valence-corrected chi connectivity index (χ2v) is 6.01. The third kappa shape index (κ3) is 2.80. The zero-order valence-electron chi connectivity index (χ0n) is 11.1. The number of furan rings is 1. The number of likely N-dealkylation sites (tertiary alicyclic amines) is 1. The molecule has 1 aliphatic rings. The van der Waals surface area contributed by atoms with Gasteiger partial charge in [0.1, 0.15) is 0 Å². The quantitative estimate of drug-likeness (QED) is 0.830. The van der Waals surface area contributed by atoms with Crippen LogP contribution in [0, 0.1) is 0 Å². The Bertz CT molecular complexity index is 569. The van der Waals surface area contributed by atoms with E-state index < -0.39 is 0 Å². The van der Waals surface area contributed by atoms with Crippen LogP contribution in [0.25, 0.3) is 0 Å². The van der Waals surface area contributed by atoms with Gasteiger partial charge in [-0.1, -0.05) is 28.1 Å². The number of hydrogen-bond acceptors (Lipinski definition) is 2. The summed E-state index contributed by atoms with van der Waals surface area (Å²) < 4.78 is 6.28. The maximum Gasteiger partial charge on any atom is 0.289 e. The van der Waals surface area contributed by atoms with Gasteiger partial charge in [-0.05, 0) is 48.6 Å². The molecule has 0 N–H and O–H groups in total. The smallest absolute Gasteiger partial charge is 0.289 e. The van der Waals surface area contributed by atoms with E-state index in [1.54, 1.807) is 18.4 Å². The van der Waals surface area contributed by atoms with E-state index in [9.17, 15) is 4.79 Å². The third-order valence-corrected chi connectivity index (χ3v) is 4.38. The van der Waals surface area contributed by atoms with Crippen LogP contribution < -0.4 is 0 Å². The molecule has 0 radical (unpaired) electrons. The number of carbonyl (C=O) groups is 1.